The van der Waals surface area contributed by atoms with Crippen LogP contribution in [-0.4, -0.2) is 16.8 Å². The number of esters is 1. The zero-order valence-electron chi connectivity index (χ0n) is 14.5. The molecule has 0 saturated heterocycles. The number of carbonyl (C=O) groups excluding carboxylic acids is 1. The molecule has 0 saturated carbocycles. The smallest absolute Gasteiger partial charge is 0.363 e. The van der Waals surface area contributed by atoms with E-state index in [4.69, 9.17) is 9.15 Å². The van der Waals surface area contributed by atoms with E-state index in [9.17, 15) is 19.7 Å². The van der Waals surface area contributed by atoms with Crippen molar-refractivity contribution in [1.29, 1.82) is 0 Å². The molecule has 0 spiro atoms. The third-order valence-corrected chi connectivity index (χ3v) is 4.27. The number of nitro benzene ring substituents is 1. The minimum absolute atomic E-state index is 0.0653. The number of rotatable bonds is 3. The fourth-order valence-corrected chi connectivity index (χ4v) is 2.81. The van der Waals surface area contributed by atoms with Gasteiger partial charge in [-0.25, -0.2) is 9.79 Å². The number of fused-ring (bicyclic) bond motifs is 1. The first-order chi connectivity index (χ1) is 13.4. The van der Waals surface area contributed by atoms with E-state index in [0.717, 1.165) is 0 Å². The van der Waals surface area contributed by atoms with Gasteiger partial charge >= 0.3 is 5.97 Å². The Balaban J connectivity index is 1.76. The topological polar surface area (TPSA) is 112 Å². The predicted molar refractivity (Wildman–Crippen MR) is 101 cm³/mol. The summed E-state index contributed by atoms with van der Waals surface area (Å²) in [6.45, 7) is 1.61. The highest BCUT2D eigenvalue weighted by molar-refractivity contribution is 6.13. The number of carbonyl (C=O) groups is 1. The molecular formula is C20H12N2O6. The van der Waals surface area contributed by atoms with Crippen LogP contribution in [0.5, 0.6) is 0 Å². The summed E-state index contributed by atoms with van der Waals surface area (Å²) in [5, 5.41) is 11.5. The van der Waals surface area contributed by atoms with Gasteiger partial charge in [-0.05, 0) is 31.2 Å². The van der Waals surface area contributed by atoms with Gasteiger partial charge in [0.15, 0.2) is 11.1 Å². The molecule has 0 amide bonds. The summed E-state index contributed by atoms with van der Waals surface area (Å²) in [5.74, 6) is -0.824. The van der Waals surface area contributed by atoms with Gasteiger partial charge in [0, 0.05) is 17.2 Å². The monoisotopic (exact) mass is 376 g/mol. The molecule has 1 aliphatic rings. The second-order valence-corrected chi connectivity index (χ2v) is 6.11. The molecule has 3 aromatic rings. The summed E-state index contributed by atoms with van der Waals surface area (Å²) in [7, 11) is 0. The number of aliphatic imine (C=N–C) groups is 1. The Bertz CT molecular complexity index is 1270. The summed E-state index contributed by atoms with van der Waals surface area (Å²) in [6.07, 6.45) is 2.52. The zero-order chi connectivity index (χ0) is 19.8. The molecule has 0 N–H and O–H groups in total. The maximum Gasteiger partial charge on any atom is 0.363 e. The second kappa shape index (κ2) is 6.58. The molecule has 0 radical (unpaired) electrons. The zero-order valence-corrected chi connectivity index (χ0v) is 14.5. The van der Waals surface area contributed by atoms with Crippen molar-refractivity contribution >= 4 is 34.6 Å². The first-order valence-corrected chi connectivity index (χ1v) is 8.22. The number of nitro groups is 1. The third kappa shape index (κ3) is 2.96. The number of nitrogens with zero attached hydrogens (tertiary/aromatic N) is 2. The van der Waals surface area contributed by atoms with Crippen LogP contribution in [0.3, 0.4) is 0 Å². The Labute approximate surface area is 157 Å². The molecule has 0 bridgehead atoms. The van der Waals surface area contributed by atoms with Crippen molar-refractivity contribution in [2.24, 2.45) is 4.99 Å². The normalized spacial score (nSPS) is 15.0. The number of benzene rings is 2. The van der Waals surface area contributed by atoms with Gasteiger partial charge in [0.1, 0.15) is 11.8 Å². The van der Waals surface area contributed by atoms with Crippen molar-refractivity contribution < 1.29 is 18.9 Å². The van der Waals surface area contributed by atoms with Crippen molar-refractivity contribution in [2.45, 2.75) is 6.92 Å². The van der Waals surface area contributed by atoms with Gasteiger partial charge in [-0.2, -0.15) is 0 Å². The quantitative estimate of drug-likeness (QED) is 0.300. The molecule has 2 heterocycles. The minimum atomic E-state index is -0.759. The van der Waals surface area contributed by atoms with Gasteiger partial charge in [0.2, 0.25) is 5.90 Å². The Hall–Kier alpha value is -4.07. The number of ether oxygens (including phenoxy) is 1. The van der Waals surface area contributed by atoms with Gasteiger partial charge in [-0.1, -0.05) is 18.2 Å². The Kier molecular flexibility index (Phi) is 4.08. The average Bonchev–Trinajstić information content (AvgIpc) is 3.05. The van der Waals surface area contributed by atoms with Crippen molar-refractivity contribution in [3.05, 3.63) is 91.5 Å². The lowest BCUT2D eigenvalue weighted by atomic mass is 10.1. The molecule has 0 atom stereocenters. The standard InChI is InChI=1S/C20H12N2O6/c1-11-6-7-12(9-16(11)22(25)26)19-21-15(20(24)28-19)8-13-10-27-17-5-3-2-4-14(17)18(13)23/h2-10H,1H3/b15-8-. The Morgan fingerprint density at radius 1 is 1.14 bits per heavy atom. The van der Waals surface area contributed by atoms with Crippen LogP contribution in [0.25, 0.3) is 17.0 Å². The van der Waals surface area contributed by atoms with Crippen LogP contribution < -0.4 is 5.43 Å². The molecule has 4 rings (SSSR count). The van der Waals surface area contributed by atoms with Gasteiger partial charge < -0.3 is 9.15 Å². The van der Waals surface area contributed by atoms with E-state index in [-0.39, 0.29) is 28.3 Å². The van der Waals surface area contributed by atoms with Crippen LogP contribution in [0, 0.1) is 17.0 Å². The second-order valence-electron chi connectivity index (χ2n) is 6.11. The van der Waals surface area contributed by atoms with E-state index in [1.165, 1.54) is 18.4 Å². The highest BCUT2D eigenvalue weighted by atomic mass is 16.6. The average molecular weight is 376 g/mol. The fraction of sp³-hybridized carbons (Fsp3) is 0.0500. The summed E-state index contributed by atoms with van der Waals surface area (Å²) in [4.78, 5) is 39.4. The molecule has 8 heteroatoms. The highest BCUT2D eigenvalue weighted by Crippen LogP contribution is 2.24. The molecule has 2 aromatic carbocycles. The van der Waals surface area contributed by atoms with E-state index in [0.29, 0.717) is 22.1 Å². The first kappa shape index (κ1) is 17.3. The van der Waals surface area contributed by atoms with Gasteiger partial charge in [0.05, 0.1) is 15.9 Å². The third-order valence-electron chi connectivity index (χ3n) is 4.27. The molecule has 28 heavy (non-hydrogen) atoms. The number of cyclic esters (lactones) is 1. The number of aryl methyl sites for hydroxylation is 1. The lowest BCUT2D eigenvalue weighted by molar-refractivity contribution is -0.385. The largest absolute Gasteiger partial charge is 0.463 e. The van der Waals surface area contributed by atoms with Gasteiger partial charge in [-0.15, -0.1) is 0 Å². The van der Waals surface area contributed by atoms with Crippen molar-refractivity contribution in [1.82, 2.24) is 0 Å². The highest BCUT2D eigenvalue weighted by Gasteiger charge is 2.26. The van der Waals surface area contributed by atoms with Crippen LogP contribution in [0.15, 0.2) is 68.6 Å². The molecule has 0 unspecified atom stereocenters. The van der Waals surface area contributed by atoms with Crippen LogP contribution in [0.1, 0.15) is 16.7 Å². The number of hydrogen-bond donors (Lipinski definition) is 0. The molecule has 138 valence electrons. The maximum atomic E-state index is 12.6. The fourth-order valence-electron chi connectivity index (χ4n) is 2.81. The number of para-hydroxylation sites is 1. The van der Waals surface area contributed by atoms with Crippen molar-refractivity contribution in [3.63, 3.8) is 0 Å². The predicted octanol–water partition coefficient (Wildman–Crippen LogP) is 3.35. The molecule has 0 fully saturated rings. The maximum absolute atomic E-state index is 12.6. The Morgan fingerprint density at radius 2 is 1.93 bits per heavy atom. The summed E-state index contributed by atoms with van der Waals surface area (Å²) in [5.41, 5.74) is 0.828. The lowest BCUT2D eigenvalue weighted by Gasteiger charge is -2.01. The van der Waals surface area contributed by atoms with E-state index in [1.54, 1.807) is 43.3 Å². The number of hydrogen-bond acceptors (Lipinski definition) is 7. The summed E-state index contributed by atoms with van der Waals surface area (Å²) < 4.78 is 10.5. The Morgan fingerprint density at radius 3 is 2.71 bits per heavy atom. The molecule has 8 nitrogen and oxygen atoms in total. The van der Waals surface area contributed by atoms with E-state index >= 15 is 0 Å². The lowest BCUT2D eigenvalue weighted by Crippen LogP contribution is -2.07. The molecular weight excluding hydrogens is 364 g/mol. The van der Waals surface area contributed by atoms with E-state index in [1.807, 2.05) is 0 Å². The summed E-state index contributed by atoms with van der Waals surface area (Å²) in [6, 6.07) is 11.1. The van der Waals surface area contributed by atoms with Crippen LogP contribution in [-0.2, 0) is 9.53 Å². The van der Waals surface area contributed by atoms with Crippen LogP contribution in [0.4, 0.5) is 5.69 Å². The van der Waals surface area contributed by atoms with Crippen molar-refractivity contribution in [2.75, 3.05) is 0 Å². The van der Waals surface area contributed by atoms with Gasteiger partial charge in [0.25, 0.3) is 5.69 Å². The first-order valence-electron chi connectivity index (χ1n) is 8.22. The SMILES string of the molecule is Cc1ccc(C2=N/C(=C\c3coc4ccccc4c3=O)C(=O)O2)cc1[N+](=O)[O-]. The molecule has 1 aromatic heterocycles. The van der Waals surface area contributed by atoms with E-state index < -0.39 is 10.9 Å². The summed E-state index contributed by atoms with van der Waals surface area (Å²) >= 11 is 0. The van der Waals surface area contributed by atoms with Gasteiger partial charge in [-0.3, -0.25) is 14.9 Å². The molecule has 0 aliphatic carbocycles. The van der Waals surface area contributed by atoms with Crippen LogP contribution in [0.2, 0.25) is 0 Å². The van der Waals surface area contributed by atoms with E-state index in [2.05, 4.69) is 4.99 Å². The minimum Gasteiger partial charge on any atom is -0.463 e. The molecule has 1 aliphatic heterocycles. The van der Waals surface area contributed by atoms with Crippen LogP contribution >= 0.6 is 0 Å². The van der Waals surface area contributed by atoms with Crippen molar-refractivity contribution in [3.8, 4) is 0 Å².